The Morgan fingerprint density at radius 3 is 2.55 bits per heavy atom. The van der Waals surface area contributed by atoms with Crippen molar-refractivity contribution in [3.8, 4) is 0 Å². The number of fused-ring (bicyclic) bond motifs is 1. The van der Waals surface area contributed by atoms with Crippen molar-refractivity contribution in [1.29, 1.82) is 0 Å². The van der Waals surface area contributed by atoms with Gasteiger partial charge in [0.05, 0.1) is 10.4 Å². The van der Waals surface area contributed by atoms with E-state index in [0.717, 1.165) is 18.4 Å². The SMILES string of the molecule is CCc1cccc(NC(=O)Cn2c(=O)oc3cc(S(=O)(=O)N4CC(C)CC(C)C4)ccc32)c1. The maximum absolute atomic E-state index is 13.2. The van der Waals surface area contributed by atoms with Crippen molar-refractivity contribution >= 4 is 32.7 Å². The molecule has 0 saturated carbocycles. The number of anilines is 1. The summed E-state index contributed by atoms with van der Waals surface area (Å²) in [6, 6.07) is 11.9. The van der Waals surface area contributed by atoms with Crippen LogP contribution in [0.3, 0.4) is 0 Å². The predicted octanol–water partition coefficient (Wildman–Crippen LogP) is 3.46. The molecular formula is C24H29N3O5S. The predicted molar refractivity (Wildman–Crippen MR) is 127 cm³/mol. The molecule has 8 nitrogen and oxygen atoms in total. The molecule has 2 atom stereocenters. The Kier molecular flexibility index (Phi) is 6.45. The number of piperidine rings is 1. The fraction of sp³-hybridized carbons (Fsp3) is 0.417. The molecule has 0 radical (unpaired) electrons. The second kappa shape index (κ2) is 9.15. The number of amides is 1. The Labute approximate surface area is 193 Å². The highest BCUT2D eigenvalue weighted by atomic mass is 32.2. The van der Waals surface area contributed by atoms with E-state index in [2.05, 4.69) is 5.32 Å². The number of rotatable bonds is 6. The van der Waals surface area contributed by atoms with Gasteiger partial charge in [-0.2, -0.15) is 4.31 Å². The van der Waals surface area contributed by atoms with Gasteiger partial charge < -0.3 is 9.73 Å². The van der Waals surface area contributed by atoms with Crippen molar-refractivity contribution in [2.24, 2.45) is 11.8 Å². The normalized spacial score (nSPS) is 19.6. The molecule has 2 heterocycles. The Balaban J connectivity index is 1.57. The number of carbonyl (C=O) groups is 1. The molecule has 1 N–H and O–H groups in total. The number of sulfonamides is 1. The number of hydrogen-bond donors (Lipinski definition) is 1. The molecule has 2 aromatic carbocycles. The Bertz CT molecular complexity index is 1330. The number of nitrogens with one attached hydrogen (secondary N) is 1. The Morgan fingerprint density at radius 2 is 1.85 bits per heavy atom. The van der Waals surface area contributed by atoms with Crippen LogP contribution in [-0.4, -0.2) is 36.3 Å². The summed E-state index contributed by atoms with van der Waals surface area (Å²) in [6.07, 6.45) is 1.84. The summed E-state index contributed by atoms with van der Waals surface area (Å²) in [6.45, 7) is 6.81. The van der Waals surface area contributed by atoms with E-state index in [1.807, 2.05) is 39.0 Å². The summed E-state index contributed by atoms with van der Waals surface area (Å²) in [4.78, 5) is 25.1. The molecule has 9 heteroatoms. The van der Waals surface area contributed by atoms with Gasteiger partial charge in [0.1, 0.15) is 6.54 Å². The van der Waals surface area contributed by atoms with Crippen LogP contribution in [0.5, 0.6) is 0 Å². The number of oxazole rings is 1. The lowest BCUT2D eigenvalue weighted by Crippen LogP contribution is -2.42. The summed E-state index contributed by atoms with van der Waals surface area (Å²) < 4.78 is 34.4. The standard InChI is InChI=1S/C24H29N3O5S/c1-4-18-6-5-7-19(11-18)25-23(28)15-27-21-9-8-20(12-22(21)32-24(27)29)33(30,31)26-13-16(2)10-17(3)14-26/h5-9,11-12,16-17H,4,10,13-15H2,1-3H3,(H,25,28). The highest BCUT2D eigenvalue weighted by Gasteiger charge is 2.32. The highest BCUT2D eigenvalue weighted by molar-refractivity contribution is 7.89. The minimum absolute atomic E-state index is 0.0815. The van der Waals surface area contributed by atoms with Crippen LogP contribution in [0.1, 0.15) is 32.8 Å². The van der Waals surface area contributed by atoms with Crippen LogP contribution >= 0.6 is 0 Å². The molecule has 1 aromatic heterocycles. The molecule has 0 aliphatic carbocycles. The maximum atomic E-state index is 13.2. The molecule has 1 aliphatic heterocycles. The second-order valence-corrected chi connectivity index (χ2v) is 10.9. The summed E-state index contributed by atoms with van der Waals surface area (Å²) in [5, 5.41) is 2.79. The van der Waals surface area contributed by atoms with Gasteiger partial charge in [0.15, 0.2) is 5.58 Å². The first-order chi connectivity index (χ1) is 15.7. The average molecular weight is 472 g/mol. The molecule has 2 unspecified atom stereocenters. The minimum Gasteiger partial charge on any atom is -0.408 e. The molecule has 0 spiro atoms. The highest BCUT2D eigenvalue weighted by Crippen LogP contribution is 2.28. The molecule has 0 bridgehead atoms. The third-order valence-electron chi connectivity index (χ3n) is 6.03. The number of aromatic nitrogens is 1. The van der Waals surface area contributed by atoms with E-state index in [1.54, 1.807) is 6.07 Å². The molecule has 176 valence electrons. The summed E-state index contributed by atoms with van der Waals surface area (Å²) in [5.74, 6) is -0.524. The van der Waals surface area contributed by atoms with Crippen LogP contribution in [0.2, 0.25) is 0 Å². The molecule has 1 aliphatic rings. The van der Waals surface area contributed by atoms with E-state index in [0.29, 0.717) is 24.3 Å². The molecule has 1 fully saturated rings. The van der Waals surface area contributed by atoms with E-state index < -0.39 is 15.8 Å². The fourth-order valence-corrected chi connectivity index (χ4v) is 6.22. The Hall–Kier alpha value is -2.91. The van der Waals surface area contributed by atoms with Gasteiger partial charge in [0.25, 0.3) is 0 Å². The monoisotopic (exact) mass is 471 g/mol. The van der Waals surface area contributed by atoms with Gasteiger partial charge in [-0.15, -0.1) is 0 Å². The number of carbonyl (C=O) groups excluding carboxylic acids is 1. The van der Waals surface area contributed by atoms with Crippen LogP contribution in [0.25, 0.3) is 11.1 Å². The number of hydrogen-bond acceptors (Lipinski definition) is 5. The van der Waals surface area contributed by atoms with E-state index in [4.69, 9.17) is 4.42 Å². The van der Waals surface area contributed by atoms with Crippen LogP contribution in [0.15, 0.2) is 56.6 Å². The zero-order chi connectivity index (χ0) is 23.8. The van der Waals surface area contributed by atoms with Crippen molar-refractivity contribution in [3.63, 3.8) is 0 Å². The van der Waals surface area contributed by atoms with Gasteiger partial charge in [0, 0.05) is 24.8 Å². The zero-order valence-corrected chi connectivity index (χ0v) is 19.9. The second-order valence-electron chi connectivity index (χ2n) is 8.95. The van der Waals surface area contributed by atoms with Crippen molar-refractivity contribution in [1.82, 2.24) is 8.87 Å². The molecule has 3 aromatic rings. The van der Waals surface area contributed by atoms with Crippen molar-refractivity contribution in [2.45, 2.75) is 45.1 Å². The summed E-state index contributed by atoms with van der Waals surface area (Å²) in [5.41, 5.74) is 2.25. The minimum atomic E-state index is -3.71. The van der Waals surface area contributed by atoms with E-state index in [9.17, 15) is 18.0 Å². The largest absolute Gasteiger partial charge is 0.420 e. The summed E-state index contributed by atoms with van der Waals surface area (Å²) >= 11 is 0. The third-order valence-corrected chi connectivity index (χ3v) is 7.86. The van der Waals surface area contributed by atoms with Gasteiger partial charge >= 0.3 is 5.76 Å². The zero-order valence-electron chi connectivity index (χ0n) is 19.1. The number of benzene rings is 2. The molecule has 1 saturated heterocycles. The van der Waals surface area contributed by atoms with Crippen LogP contribution in [0.4, 0.5) is 5.69 Å². The molecule has 1 amide bonds. The van der Waals surface area contributed by atoms with Gasteiger partial charge in [-0.3, -0.25) is 9.36 Å². The quantitative estimate of drug-likeness (QED) is 0.593. The van der Waals surface area contributed by atoms with Gasteiger partial charge in [0.2, 0.25) is 15.9 Å². The first kappa shape index (κ1) is 23.3. The third kappa shape index (κ3) is 4.89. The average Bonchev–Trinajstić information content (AvgIpc) is 3.07. The summed E-state index contributed by atoms with van der Waals surface area (Å²) in [7, 11) is -3.71. The first-order valence-electron chi connectivity index (χ1n) is 11.2. The van der Waals surface area contributed by atoms with Crippen LogP contribution in [0, 0.1) is 11.8 Å². The lowest BCUT2D eigenvalue weighted by molar-refractivity contribution is -0.116. The molecule has 4 rings (SSSR count). The number of nitrogens with zero attached hydrogens (tertiary/aromatic N) is 2. The van der Waals surface area contributed by atoms with Gasteiger partial charge in [-0.05, 0) is 54.5 Å². The van der Waals surface area contributed by atoms with Gasteiger partial charge in [-0.25, -0.2) is 13.2 Å². The lowest BCUT2D eigenvalue weighted by atomic mass is 9.94. The molecular weight excluding hydrogens is 442 g/mol. The van der Waals surface area contributed by atoms with Crippen LogP contribution < -0.4 is 11.1 Å². The van der Waals surface area contributed by atoms with Gasteiger partial charge in [-0.1, -0.05) is 32.9 Å². The van der Waals surface area contributed by atoms with E-state index in [-0.39, 0.29) is 34.8 Å². The fourth-order valence-electron chi connectivity index (χ4n) is 4.52. The van der Waals surface area contributed by atoms with Crippen molar-refractivity contribution in [3.05, 3.63) is 58.6 Å². The van der Waals surface area contributed by atoms with E-state index >= 15 is 0 Å². The number of aryl methyl sites for hydroxylation is 1. The maximum Gasteiger partial charge on any atom is 0.420 e. The smallest absolute Gasteiger partial charge is 0.408 e. The lowest BCUT2D eigenvalue weighted by Gasteiger charge is -2.34. The Morgan fingerprint density at radius 1 is 1.12 bits per heavy atom. The van der Waals surface area contributed by atoms with E-state index in [1.165, 1.54) is 27.1 Å². The molecule has 33 heavy (non-hydrogen) atoms. The van der Waals surface area contributed by atoms with Crippen molar-refractivity contribution < 1.29 is 17.6 Å². The topological polar surface area (TPSA) is 102 Å². The van der Waals surface area contributed by atoms with Crippen LogP contribution in [-0.2, 0) is 27.8 Å². The first-order valence-corrected chi connectivity index (χ1v) is 12.6. The van der Waals surface area contributed by atoms with Crippen molar-refractivity contribution in [2.75, 3.05) is 18.4 Å².